The zero-order valence-corrected chi connectivity index (χ0v) is 11.0. The lowest BCUT2D eigenvalue weighted by Gasteiger charge is -2.20. The van der Waals surface area contributed by atoms with Crippen LogP contribution in [-0.2, 0) is 18.4 Å². The van der Waals surface area contributed by atoms with E-state index in [1.54, 1.807) is 16.8 Å². The van der Waals surface area contributed by atoms with Crippen LogP contribution in [0.25, 0.3) is 0 Å². The van der Waals surface area contributed by atoms with E-state index in [1.165, 1.54) is 0 Å². The number of hydrogen-bond donors (Lipinski definition) is 3. The van der Waals surface area contributed by atoms with Crippen LogP contribution in [0, 0.1) is 0 Å². The molecule has 1 amide bonds. The van der Waals surface area contributed by atoms with Crippen molar-refractivity contribution in [2.24, 2.45) is 7.05 Å². The second kappa shape index (κ2) is 4.76. The Hall–Kier alpha value is -2.70. The minimum atomic E-state index is -0.169. The summed E-state index contributed by atoms with van der Waals surface area (Å²) < 4.78 is 7.04. The Labute approximate surface area is 115 Å². The SMILES string of the molecule is Cn1ccc(CNc2cc3c(cc2N)OCC(=O)N3)n1. The van der Waals surface area contributed by atoms with E-state index in [1.807, 2.05) is 19.3 Å². The number of benzene rings is 1. The van der Waals surface area contributed by atoms with Gasteiger partial charge in [0, 0.05) is 19.3 Å². The van der Waals surface area contributed by atoms with Gasteiger partial charge in [0.05, 0.1) is 29.3 Å². The number of nitrogens with two attached hydrogens (primary N) is 1. The van der Waals surface area contributed by atoms with Gasteiger partial charge < -0.3 is 21.1 Å². The normalized spacial score (nSPS) is 13.3. The van der Waals surface area contributed by atoms with Crippen molar-refractivity contribution in [2.45, 2.75) is 6.54 Å². The van der Waals surface area contributed by atoms with Gasteiger partial charge in [0.25, 0.3) is 5.91 Å². The Morgan fingerprint density at radius 1 is 1.55 bits per heavy atom. The molecule has 1 aliphatic heterocycles. The van der Waals surface area contributed by atoms with Gasteiger partial charge in [0.1, 0.15) is 5.75 Å². The van der Waals surface area contributed by atoms with Gasteiger partial charge in [-0.05, 0) is 12.1 Å². The number of nitrogens with one attached hydrogen (secondary N) is 2. The van der Waals surface area contributed by atoms with Crippen LogP contribution >= 0.6 is 0 Å². The van der Waals surface area contributed by atoms with Gasteiger partial charge in [-0.25, -0.2) is 0 Å². The molecular weight excluding hydrogens is 258 g/mol. The van der Waals surface area contributed by atoms with Crippen LogP contribution in [0.15, 0.2) is 24.4 Å². The number of carbonyl (C=O) groups is 1. The summed E-state index contributed by atoms with van der Waals surface area (Å²) in [6, 6.07) is 5.40. The molecule has 20 heavy (non-hydrogen) atoms. The fourth-order valence-electron chi connectivity index (χ4n) is 2.04. The molecule has 3 rings (SSSR count). The first-order valence-corrected chi connectivity index (χ1v) is 6.20. The quantitative estimate of drug-likeness (QED) is 0.724. The first-order chi connectivity index (χ1) is 9.61. The molecule has 0 bridgehead atoms. The summed E-state index contributed by atoms with van der Waals surface area (Å²) in [5.41, 5.74) is 8.80. The number of ether oxygens (including phenoxy) is 1. The van der Waals surface area contributed by atoms with Crippen LogP contribution in [-0.4, -0.2) is 22.3 Å². The molecule has 4 N–H and O–H groups in total. The number of hydrogen-bond acceptors (Lipinski definition) is 5. The third kappa shape index (κ3) is 2.37. The maximum absolute atomic E-state index is 11.3. The topological polar surface area (TPSA) is 94.2 Å². The third-order valence-corrected chi connectivity index (χ3v) is 3.01. The van der Waals surface area contributed by atoms with Gasteiger partial charge in [-0.15, -0.1) is 0 Å². The summed E-state index contributed by atoms with van der Waals surface area (Å²) in [5, 5.41) is 10.2. The molecule has 0 saturated heterocycles. The fourth-order valence-corrected chi connectivity index (χ4v) is 2.04. The molecule has 0 radical (unpaired) electrons. The van der Waals surface area contributed by atoms with Gasteiger partial charge in [-0.3, -0.25) is 9.48 Å². The number of rotatable bonds is 3. The highest BCUT2D eigenvalue weighted by atomic mass is 16.5. The van der Waals surface area contributed by atoms with Crippen molar-refractivity contribution >= 4 is 23.0 Å². The van der Waals surface area contributed by atoms with Crippen LogP contribution in [0.4, 0.5) is 17.1 Å². The van der Waals surface area contributed by atoms with Crippen molar-refractivity contribution in [1.29, 1.82) is 0 Å². The highest BCUT2D eigenvalue weighted by Gasteiger charge is 2.17. The highest BCUT2D eigenvalue weighted by Crippen LogP contribution is 2.35. The smallest absolute Gasteiger partial charge is 0.262 e. The molecular formula is C13H15N5O2. The lowest BCUT2D eigenvalue weighted by Crippen LogP contribution is -2.25. The number of anilines is 3. The molecule has 7 heteroatoms. The highest BCUT2D eigenvalue weighted by molar-refractivity contribution is 5.97. The molecule has 0 aliphatic carbocycles. The maximum atomic E-state index is 11.3. The lowest BCUT2D eigenvalue weighted by atomic mass is 10.2. The number of nitrogens with zero attached hydrogens (tertiary/aromatic N) is 2. The van der Waals surface area contributed by atoms with Crippen molar-refractivity contribution < 1.29 is 9.53 Å². The Morgan fingerprint density at radius 2 is 2.40 bits per heavy atom. The molecule has 0 saturated carbocycles. The molecule has 0 fully saturated rings. The number of aromatic nitrogens is 2. The third-order valence-electron chi connectivity index (χ3n) is 3.01. The Balaban J connectivity index is 1.79. The molecule has 1 aromatic carbocycles. The lowest BCUT2D eigenvalue weighted by molar-refractivity contribution is -0.118. The second-order valence-corrected chi connectivity index (χ2v) is 4.61. The minimum absolute atomic E-state index is 0.0210. The summed E-state index contributed by atoms with van der Waals surface area (Å²) in [6.45, 7) is 0.575. The van der Waals surface area contributed by atoms with Crippen LogP contribution in [0.1, 0.15) is 5.69 Å². The average molecular weight is 273 g/mol. The molecule has 7 nitrogen and oxygen atoms in total. The van der Waals surface area contributed by atoms with Crippen molar-refractivity contribution in [3.63, 3.8) is 0 Å². The van der Waals surface area contributed by atoms with Crippen LogP contribution in [0.2, 0.25) is 0 Å². The van der Waals surface area contributed by atoms with Crippen LogP contribution in [0.3, 0.4) is 0 Å². The van der Waals surface area contributed by atoms with Gasteiger partial charge in [0.2, 0.25) is 0 Å². The van der Waals surface area contributed by atoms with Gasteiger partial charge in [0.15, 0.2) is 6.61 Å². The largest absolute Gasteiger partial charge is 0.482 e. The first kappa shape index (κ1) is 12.3. The van der Waals surface area contributed by atoms with E-state index in [0.717, 1.165) is 11.4 Å². The number of carbonyl (C=O) groups excluding carboxylic acids is 1. The zero-order chi connectivity index (χ0) is 14.1. The standard InChI is InChI=1S/C13H15N5O2/c1-18-3-2-8(17-18)6-15-10-5-11-12(4-9(10)14)20-7-13(19)16-11/h2-5,15H,6-7,14H2,1H3,(H,16,19). The van der Waals surface area contributed by atoms with Crippen molar-refractivity contribution in [3.8, 4) is 5.75 Å². The number of aryl methyl sites for hydroxylation is 1. The monoisotopic (exact) mass is 273 g/mol. The zero-order valence-electron chi connectivity index (χ0n) is 11.0. The average Bonchev–Trinajstić information content (AvgIpc) is 2.83. The van der Waals surface area contributed by atoms with Crippen molar-refractivity contribution in [3.05, 3.63) is 30.1 Å². The Morgan fingerprint density at radius 3 is 3.15 bits per heavy atom. The van der Waals surface area contributed by atoms with Crippen LogP contribution < -0.4 is 21.1 Å². The summed E-state index contributed by atoms with van der Waals surface area (Å²) >= 11 is 0. The summed E-state index contributed by atoms with van der Waals surface area (Å²) in [4.78, 5) is 11.3. The van der Waals surface area contributed by atoms with E-state index in [-0.39, 0.29) is 12.5 Å². The number of nitrogen functional groups attached to an aromatic ring is 1. The van der Waals surface area contributed by atoms with E-state index in [9.17, 15) is 4.79 Å². The van der Waals surface area contributed by atoms with Crippen molar-refractivity contribution in [2.75, 3.05) is 23.0 Å². The fraction of sp³-hybridized carbons (Fsp3) is 0.231. The van der Waals surface area contributed by atoms with E-state index in [4.69, 9.17) is 10.5 Å². The molecule has 2 aromatic rings. The molecule has 0 atom stereocenters. The minimum Gasteiger partial charge on any atom is -0.482 e. The van der Waals surface area contributed by atoms with Gasteiger partial charge >= 0.3 is 0 Å². The molecule has 1 aliphatic rings. The van der Waals surface area contributed by atoms with Gasteiger partial charge in [-0.2, -0.15) is 5.10 Å². The van der Waals surface area contributed by atoms with E-state index in [0.29, 0.717) is 23.7 Å². The second-order valence-electron chi connectivity index (χ2n) is 4.61. The molecule has 1 aromatic heterocycles. The Bertz CT molecular complexity index is 665. The maximum Gasteiger partial charge on any atom is 0.262 e. The summed E-state index contributed by atoms with van der Waals surface area (Å²) in [6.07, 6.45) is 1.88. The summed E-state index contributed by atoms with van der Waals surface area (Å²) in [7, 11) is 1.86. The van der Waals surface area contributed by atoms with Crippen molar-refractivity contribution in [1.82, 2.24) is 9.78 Å². The molecule has 0 unspecified atom stereocenters. The number of fused-ring (bicyclic) bond motifs is 1. The van der Waals surface area contributed by atoms with E-state index >= 15 is 0 Å². The first-order valence-electron chi connectivity index (χ1n) is 6.20. The van der Waals surface area contributed by atoms with E-state index in [2.05, 4.69) is 15.7 Å². The predicted molar refractivity (Wildman–Crippen MR) is 75.5 cm³/mol. The molecule has 0 spiro atoms. The number of amides is 1. The van der Waals surface area contributed by atoms with E-state index < -0.39 is 0 Å². The predicted octanol–water partition coefficient (Wildman–Crippen LogP) is 0.945. The molecule has 2 heterocycles. The molecule has 104 valence electrons. The summed E-state index contributed by atoms with van der Waals surface area (Å²) in [5.74, 6) is 0.420. The van der Waals surface area contributed by atoms with Crippen LogP contribution in [0.5, 0.6) is 5.75 Å². The Kier molecular flexibility index (Phi) is 2.94. The van der Waals surface area contributed by atoms with Gasteiger partial charge in [-0.1, -0.05) is 0 Å².